The van der Waals surface area contributed by atoms with Crippen molar-refractivity contribution >= 4 is 22.0 Å². The van der Waals surface area contributed by atoms with Gasteiger partial charge in [-0.3, -0.25) is 0 Å². The van der Waals surface area contributed by atoms with Crippen molar-refractivity contribution < 1.29 is 4.42 Å². The third-order valence-corrected chi connectivity index (χ3v) is 1.06. The summed E-state index contributed by atoms with van der Waals surface area (Å²) in [5.41, 5.74) is 1.07. The van der Waals surface area contributed by atoms with E-state index in [0.717, 1.165) is 5.56 Å². The second-order valence-corrected chi connectivity index (χ2v) is 1.88. The summed E-state index contributed by atoms with van der Waals surface area (Å²) in [4.78, 5) is 1.79. The molecule has 42 valence electrons. The molecule has 0 spiro atoms. The summed E-state index contributed by atoms with van der Waals surface area (Å²) in [5, 5.41) is 0. The molecule has 0 aliphatic carbocycles. The van der Waals surface area contributed by atoms with Gasteiger partial charge in [-0.25, -0.2) is 0 Å². The van der Waals surface area contributed by atoms with Gasteiger partial charge in [0.25, 0.3) is 0 Å². The molecule has 8 heavy (non-hydrogen) atoms. The van der Waals surface area contributed by atoms with E-state index >= 15 is 0 Å². The minimum absolute atomic E-state index is 1.07. The van der Waals surface area contributed by atoms with Crippen LogP contribution in [0.2, 0.25) is 0 Å². The highest BCUT2D eigenvalue weighted by atomic mass is 79.9. The zero-order chi connectivity index (χ0) is 5.82. The lowest BCUT2D eigenvalue weighted by molar-refractivity contribution is 0.567. The van der Waals surface area contributed by atoms with Crippen LogP contribution in [-0.4, -0.2) is 0 Å². The Kier molecular flexibility index (Phi) is 1.92. The van der Waals surface area contributed by atoms with E-state index in [1.165, 1.54) is 0 Å². The van der Waals surface area contributed by atoms with E-state index in [-0.39, 0.29) is 0 Å². The molecule has 0 bridgehead atoms. The zero-order valence-corrected chi connectivity index (χ0v) is 5.76. The van der Waals surface area contributed by atoms with Crippen LogP contribution in [0.3, 0.4) is 0 Å². The predicted molar refractivity (Wildman–Crippen MR) is 36.7 cm³/mol. The van der Waals surface area contributed by atoms with Gasteiger partial charge in [0.05, 0.1) is 12.5 Å². The molecule has 0 atom stereocenters. The van der Waals surface area contributed by atoms with Crippen LogP contribution in [0.15, 0.2) is 28.0 Å². The topological polar surface area (TPSA) is 13.1 Å². The van der Waals surface area contributed by atoms with Gasteiger partial charge >= 0.3 is 0 Å². The Bertz CT molecular complexity index is 165. The third-order valence-electron chi connectivity index (χ3n) is 0.799. The molecule has 0 fully saturated rings. The smallest absolute Gasteiger partial charge is 0.0975 e. The molecule has 0 saturated heterocycles. The molecule has 1 rings (SSSR count). The van der Waals surface area contributed by atoms with Crippen LogP contribution in [0, 0.1) is 0 Å². The Labute approximate surface area is 56.1 Å². The normalized spacial score (nSPS) is 10.6. The minimum Gasteiger partial charge on any atom is -0.472 e. The molecule has 0 saturated carbocycles. The Hall–Kier alpha value is -0.500. The van der Waals surface area contributed by atoms with E-state index in [1.807, 2.05) is 12.1 Å². The largest absolute Gasteiger partial charge is 0.472 e. The molecule has 0 aliphatic rings. The van der Waals surface area contributed by atoms with Crippen molar-refractivity contribution in [1.29, 1.82) is 0 Å². The monoisotopic (exact) mass is 172 g/mol. The average Bonchev–Trinajstić information content (AvgIpc) is 2.19. The number of hydrogen-bond donors (Lipinski definition) is 0. The van der Waals surface area contributed by atoms with Crippen molar-refractivity contribution in [3.63, 3.8) is 0 Å². The second-order valence-electron chi connectivity index (χ2n) is 1.35. The fourth-order valence-corrected chi connectivity index (χ4v) is 0.748. The molecule has 1 aromatic heterocycles. The van der Waals surface area contributed by atoms with E-state index in [9.17, 15) is 0 Å². The van der Waals surface area contributed by atoms with Crippen molar-refractivity contribution in [2.45, 2.75) is 0 Å². The van der Waals surface area contributed by atoms with Crippen molar-refractivity contribution in [3.05, 3.63) is 29.1 Å². The summed E-state index contributed by atoms with van der Waals surface area (Å²) in [6.07, 6.45) is 5.23. The zero-order valence-electron chi connectivity index (χ0n) is 4.17. The molecule has 1 nitrogen and oxygen atoms in total. The highest BCUT2D eigenvalue weighted by Crippen LogP contribution is 2.02. The Morgan fingerprint density at radius 1 is 1.62 bits per heavy atom. The highest BCUT2D eigenvalue weighted by molar-refractivity contribution is 9.11. The molecule has 0 radical (unpaired) electrons. The first-order valence-electron chi connectivity index (χ1n) is 2.22. The first-order valence-corrected chi connectivity index (χ1v) is 3.14. The maximum Gasteiger partial charge on any atom is 0.0975 e. The Morgan fingerprint density at radius 2 is 2.50 bits per heavy atom. The van der Waals surface area contributed by atoms with Gasteiger partial charge < -0.3 is 4.42 Å². The molecular weight excluding hydrogens is 168 g/mol. The van der Waals surface area contributed by atoms with Crippen molar-refractivity contribution in [3.8, 4) is 0 Å². The fraction of sp³-hybridized carbons (Fsp3) is 0. The molecule has 0 aliphatic heterocycles. The van der Waals surface area contributed by atoms with Crippen LogP contribution < -0.4 is 0 Å². The van der Waals surface area contributed by atoms with E-state index in [4.69, 9.17) is 4.42 Å². The van der Waals surface area contributed by atoms with Crippen LogP contribution in [0.4, 0.5) is 0 Å². The molecule has 0 aromatic carbocycles. The minimum atomic E-state index is 1.07. The number of rotatable bonds is 1. The van der Waals surface area contributed by atoms with Crippen molar-refractivity contribution in [1.82, 2.24) is 0 Å². The summed E-state index contributed by atoms with van der Waals surface area (Å²) in [7, 11) is 0. The second kappa shape index (κ2) is 2.72. The first kappa shape index (κ1) is 5.63. The lowest BCUT2D eigenvalue weighted by Gasteiger charge is -1.72. The highest BCUT2D eigenvalue weighted by Gasteiger charge is 1.81. The van der Waals surface area contributed by atoms with Gasteiger partial charge in [0.15, 0.2) is 0 Å². The quantitative estimate of drug-likeness (QED) is 0.636. The molecular formula is C6H5BrO. The first-order chi connectivity index (χ1) is 3.93. The lowest BCUT2D eigenvalue weighted by atomic mass is 10.3. The molecule has 0 N–H and O–H groups in total. The summed E-state index contributed by atoms with van der Waals surface area (Å²) in [5.74, 6) is 0. The lowest BCUT2D eigenvalue weighted by Crippen LogP contribution is -1.52. The predicted octanol–water partition coefficient (Wildman–Crippen LogP) is 2.65. The molecule has 0 unspecified atom stereocenters. The van der Waals surface area contributed by atoms with Gasteiger partial charge in [-0.05, 0) is 17.1 Å². The SMILES string of the molecule is Br/C=C\c1ccoc1. The van der Waals surface area contributed by atoms with Crippen molar-refractivity contribution in [2.24, 2.45) is 0 Å². The maximum absolute atomic E-state index is 4.79. The van der Waals surface area contributed by atoms with Gasteiger partial charge in [0.1, 0.15) is 0 Å². The standard InChI is InChI=1S/C6H5BrO/c7-3-1-6-2-4-8-5-6/h1-5H/b3-1-. The molecule has 2 heteroatoms. The van der Waals surface area contributed by atoms with Crippen LogP contribution in [0.5, 0.6) is 0 Å². The number of furan rings is 1. The van der Waals surface area contributed by atoms with Gasteiger partial charge in [-0.1, -0.05) is 15.9 Å². The molecule has 1 heterocycles. The van der Waals surface area contributed by atoms with Gasteiger partial charge in [0, 0.05) is 5.56 Å². The number of halogens is 1. The summed E-state index contributed by atoms with van der Waals surface area (Å²) in [6.45, 7) is 0. The third kappa shape index (κ3) is 1.23. The summed E-state index contributed by atoms with van der Waals surface area (Å²) < 4.78 is 4.79. The van der Waals surface area contributed by atoms with E-state index in [1.54, 1.807) is 17.5 Å². The van der Waals surface area contributed by atoms with Crippen LogP contribution >= 0.6 is 15.9 Å². The van der Waals surface area contributed by atoms with Crippen molar-refractivity contribution in [2.75, 3.05) is 0 Å². The van der Waals surface area contributed by atoms with Crippen LogP contribution in [0.1, 0.15) is 5.56 Å². The van der Waals surface area contributed by atoms with Gasteiger partial charge in [-0.15, -0.1) is 0 Å². The van der Waals surface area contributed by atoms with E-state index in [2.05, 4.69) is 15.9 Å². The molecule has 0 amide bonds. The summed E-state index contributed by atoms with van der Waals surface area (Å²) in [6, 6.07) is 1.89. The van der Waals surface area contributed by atoms with Crippen LogP contribution in [0.25, 0.3) is 6.08 Å². The average molecular weight is 173 g/mol. The van der Waals surface area contributed by atoms with Crippen LogP contribution in [-0.2, 0) is 0 Å². The Morgan fingerprint density at radius 3 is 3.00 bits per heavy atom. The maximum atomic E-state index is 4.79. The Balaban J connectivity index is 2.77. The number of hydrogen-bond acceptors (Lipinski definition) is 1. The van der Waals surface area contributed by atoms with E-state index in [0.29, 0.717) is 0 Å². The van der Waals surface area contributed by atoms with Gasteiger partial charge in [-0.2, -0.15) is 0 Å². The molecule has 1 aromatic rings. The van der Waals surface area contributed by atoms with E-state index < -0.39 is 0 Å². The van der Waals surface area contributed by atoms with Gasteiger partial charge in [0.2, 0.25) is 0 Å². The summed E-state index contributed by atoms with van der Waals surface area (Å²) >= 11 is 3.15. The fourth-order valence-electron chi connectivity index (χ4n) is 0.443.